The number of rotatable bonds is 5. The molecule has 8 heteroatoms. The van der Waals surface area contributed by atoms with Crippen molar-refractivity contribution in [2.75, 3.05) is 19.6 Å². The summed E-state index contributed by atoms with van der Waals surface area (Å²) in [5.41, 5.74) is 3.08. The van der Waals surface area contributed by atoms with Gasteiger partial charge < -0.3 is 0 Å². The van der Waals surface area contributed by atoms with Crippen LogP contribution in [0, 0.1) is 5.82 Å². The Morgan fingerprint density at radius 1 is 0.968 bits per heavy atom. The van der Waals surface area contributed by atoms with Crippen LogP contribution in [0.25, 0.3) is 33.5 Å². The fourth-order valence-corrected chi connectivity index (χ4v) is 4.34. The summed E-state index contributed by atoms with van der Waals surface area (Å²) in [7, 11) is 0. The number of fused-ring (bicyclic) bond motifs is 1. The molecule has 158 valence electrons. The first-order valence-corrected chi connectivity index (χ1v) is 10.6. The molecule has 1 fully saturated rings. The van der Waals surface area contributed by atoms with Crippen molar-refractivity contribution in [3.05, 3.63) is 65.4 Å². The number of benzene rings is 2. The molecule has 0 radical (unpaired) electrons. The zero-order valence-corrected chi connectivity index (χ0v) is 17.4. The molecule has 0 amide bonds. The van der Waals surface area contributed by atoms with Crippen molar-refractivity contribution < 1.29 is 8.78 Å². The lowest BCUT2D eigenvalue weighted by atomic mass is 10.1. The normalized spacial score (nSPS) is 16.9. The van der Waals surface area contributed by atoms with Crippen molar-refractivity contribution in [3.8, 4) is 22.5 Å². The minimum absolute atomic E-state index is 0.354. The minimum atomic E-state index is -0.778. The van der Waals surface area contributed by atoms with Crippen LogP contribution in [0.2, 0.25) is 5.02 Å². The number of nitrogens with zero attached hydrogens (tertiary/aromatic N) is 5. The summed E-state index contributed by atoms with van der Waals surface area (Å²) in [4.78, 5) is 2.06. The van der Waals surface area contributed by atoms with Gasteiger partial charge in [0.2, 0.25) is 0 Å². The Morgan fingerprint density at radius 2 is 1.77 bits per heavy atom. The van der Waals surface area contributed by atoms with Gasteiger partial charge in [-0.1, -0.05) is 54.1 Å². The molecule has 1 atom stereocenters. The summed E-state index contributed by atoms with van der Waals surface area (Å²) in [5, 5.41) is 14.6. The first-order chi connectivity index (χ1) is 15.1. The summed E-state index contributed by atoms with van der Waals surface area (Å²) >= 11 is 6.82. The minimum Gasteiger partial charge on any atom is -0.299 e. The summed E-state index contributed by atoms with van der Waals surface area (Å²) in [6.45, 7) is 2.30. The molecule has 1 aliphatic heterocycles. The standard InChI is InChI=1S/C23H20ClF2N5/c24-20-19-21(16-7-4-8-17(25)13-16)29-31(12-11-30-10-9-18(26)14-30)23(19)28-27-22(20)15-5-2-1-3-6-15/h1-8,13,18H,9-12,14H2. The van der Waals surface area contributed by atoms with Crippen LogP contribution in [0.4, 0.5) is 8.78 Å². The molecular formula is C23H20ClF2N5. The first kappa shape index (κ1) is 20.0. The number of hydrogen-bond acceptors (Lipinski definition) is 4. The summed E-state index contributed by atoms with van der Waals surface area (Å²) in [5.74, 6) is -0.354. The highest BCUT2D eigenvalue weighted by Crippen LogP contribution is 2.37. The Morgan fingerprint density at radius 3 is 2.52 bits per heavy atom. The van der Waals surface area contributed by atoms with Gasteiger partial charge in [-0.25, -0.2) is 13.5 Å². The van der Waals surface area contributed by atoms with Gasteiger partial charge in [0.15, 0.2) is 5.65 Å². The van der Waals surface area contributed by atoms with E-state index < -0.39 is 6.17 Å². The maximum atomic E-state index is 14.0. The van der Waals surface area contributed by atoms with E-state index in [1.54, 1.807) is 16.8 Å². The molecule has 2 aromatic heterocycles. The molecule has 2 aromatic carbocycles. The SMILES string of the molecule is Fc1cccc(-c2nn(CCN3CCC(F)C3)c3nnc(-c4ccccc4)c(Cl)c23)c1. The van der Waals surface area contributed by atoms with Crippen molar-refractivity contribution in [1.29, 1.82) is 0 Å². The number of likely N-dealkylation sites (tertiary alicyclic amines) is 1. The molecule has 5 nitrogen and oxygen atoms in total. The monoisotopic (exact) mass is 439 g/mol. The lowest BCUT2D eigenvalue weighted by Gasteiger charge is -2.14. The van der Waals surface area contributed by atoms with Crippen molar-refractivity contribution in [3.63, 3.8) is 0 Å². The van der Waals surface area contributed by atoms with Crippen LogP contribution in [-0.4, -0.2) is 50.7 Å². The fourth-order valence-electron chi connectivity index (χ4n) is 4.02. The van der Waals surface area contributed by atoms with E-state index in [9.17, 15) is 8.78 Å². The van der Waals surface area contributed by atoms with Gasteiger partial charge in [-0.15, -0.1) is 10.2 Å². The molecule has 0 saturated carbocycles. The third-order valence-electron chi connectivity index (χ3n) is 5.59. The number of hydrogen-bond donors (Lipinski definition) is 0. The van der Waals surface area contributed by atoms with Crippen LogP contribution >= 0.6 is 11.6 Å². The van der Waals surface area contributed by atoms with E-state index in [0.717, 1.165) is 12.1 Å². The van der Waals surface area contributed by atoms with E-state index in [-0.39, 0.29) is 5.82 Å². The highest BCUT2D eigenvalue weighted by atomic mass is 35.5. The van der Waals surface area contributed by atoms with E-state index in [1.165, 1.54) is 12.1 Å². The highest BCUT2D eigenvalue weighted by molar-refractivity contribution is 6.38. The van der Waals surface area contributed by atoms with E-state index >= 15 is 0 Å². The van der Waals surface area contributed by atoms with Crippen LogP contribution in [0.5, 0.6) is 0 Å². The van der Waals surface area contributed by atoms with Crippen LogP contribution in [0.1, 0.15) is 6.42 Å². The quantitative estimate of drug-likeness (QED) is 0.439. The molecule has 4 aromatic rings. The predicted molar refractivity (Wildman–Crippen MR) is 117 cm³/mol. The number of halogens is 3. The first-order valence-electron chi connectivity index (χ1n) is 10.2. The van der Waals surface area contributed by atoms with Crippen molar-refractivity contribution in [1.82, 2.24) is 24.9 Å². The van der Waals surface area contributed by atoms with Gasteiger partial charge in [0, 0.05) is 30.8 Å². The molecule has 5 rings (SSSR count). The third-order valence-corrected chi connectivity index (χ3v) is 5.95. The van der Waals surface area contributed by atoms with Gasteiger partial charge in [-0.05, 0) is 18.6 Å². The average Bonchev–Trinajstić information content (AvgIpc) is 3.37. The Kier molecular flexibility index (Phi) is 5.38. The van der Waals surface area contributed by atoms with E-state index in [4.69, 9.17) is 16.7 Å². The van der Waals surface area contributed by atoms with Gasteiger partial charge in [0.05, 0.1) is 17.0 Å². The molecular weight excluding hydrogens is 420 g/mol. The summed E-state index contributed by atoms with van der Waals surface area (Å²) in [6.07, 6.45) is -0.222. The van der Waals surface area contributed by atoms with Crippen LogP contribution in [-0.2, 0) is 6.54 Å². The topological polar surface area (TPSA) is 46.8 Å². The van der Waals surface area contributed by atoms with Crippen molar-refractivity contribution in [2.24, 2.45) is 0 Å². The second kappa shape index (κ2) is 8.32. The average molecular weight is 440 g/mol. The highest BCUT2D eigenvalue weighted by Gasteiger charge is 2.24. The van der Waals surface area contributed by atoms with Gasteiger partial charge in [0.1, 0.15) is 23.4 Å². The maximum absolute atomic E-state index is 14.0. The van der Waals surface area contributed by atoms with Crippen LogP contribution < -0.4 is 0 Å². The van der Waals surface area contributed by atoms with Gasteiger partial charge in [-0.2, -0.15) is 5.10 Å². The largest absolute Gasteiger partial charge is 0.299 e. The molecule has 3 heterocycles. The Balaban J connectivity index is 1.62. The van der Waals surface area contributed by atoms with Gasteiger partial charge in [-0.3, -0.25) is 4.90 Å². The van der Waals surface area contributed by atoms with Crippen molar-refractivity contribution >= 4 is 22.6 Å². The van der Waals surface area contributed by atoms with Crippen LogP contribution in [0.3, 0.4) is 0 Å². The van der Waals surface area contributed by atoms with Crippen molar-refractivity contribution in [2.45, 2.75) is 19.1 Å². The summed E-state index contributed by atoms with van der Waals surface area (Å²) < 4.78 is 29.2. The molecule has 0 aliphatic carbocycles. The van der Waals surface area contributed by atoms with Gasteiger partial charge in [0.25, 0.3) is 0 Å². The second-order valence-corrected chi connectivity index (χ2v) is 8.07. The molecule has 1 unspecified atom stereocenters. The van der Waals surface area contributed by atoms with Gasteiger partial charge >= 0.3 is 0 Å². The zero-order valence-electron chi connectivity index (χ0n) is 16.7. The molecule has 0 bridgehead atoms. The smallest absolute Gasteiger partial charge is 0.182 e. The Hall–Kier alpha value is -2.90. The maximum Gasteiger partial charge on any atom is 0.182 e. The molecule has 0 N–H and O–H groups in total. The van der Waals surface area contributed by atoms with E-state index in [1.807, 2.05) is 30.3 Å². The molecule has 1 saturated heterocycles. The summed E-state index contributed by atoms with van der Waals surface area (Å²) in [6, 6.07) is 15.8. The second-order valence-electron chi connectivity index (χ2n) is 7.70. The number of alkyl halides is 1. The third kappa shape index (κ3) is 3.91. The Bertz CT molecular complexity index is 1230. The predicted octanol–water partition coefficient (Wildman–Crippen LogP) is 5.00. The molecule has 31 heavy (non-hydrogen) atoms. The fraction of sp³-hybridized carbons (Fsp3) is 0.261. The molecule has 1 aliphatic rings. The lowest BCUT2D eigenvalue weighted by molar-refractivity contribution is 0.277. The van der Waals surface area contributed by atoms with Crippen LogP contribution in [0.15, 0.2) is 54.6 Å². The number of aromatic nitrogens is 4. The van der Waals surface area contributed by atoms with E-state index in [2.05, 4.69) is 15.1 Å². The zero-order chi connectivity index (χ0) is 21.4. The lowest BCUT2D eigenvalue weighted by Crippen LogP contribution is -2.26. The molecule has 0 spiro atoms. The van der Waals surface area contributed by atoms with E-state index in [0.29, 0.717) is 59.1 Å². The Labute approximate surface area is 183 Å².